The Morgan fingerprint density at radius 3 is 2.70 bits per heavy atom. The second-order valence-electron chi connectivity index (χ2n) is 5.42. The van der Waals surface area contributed by atoms with Gasteiger partial charge in [-0.25, -0.2) is 0 Å². The van der Waals surface area contributed by atoms with Gasteiger partial charge in [-0.3, -0.25) is 4.79 Å². The molecule has 124 valence electrons. The van der Waals surface area contributed by atoms with E-state index in [0.29, 0.717) is 6.54 Å². The van der Waals surface area contributed by atoms with E-state index in [4.69, 9.17) is 0 Å². The first kappa shape index (κ1) is 17.5. The minimum Gasteiger partial charge on any atom is -0.355 e. The topological polar surface area (TPSA) is 59.8 Å². The zero-order chi connectivity index (χ0) is 16.8. The Hall–Kier alpha value is -1.82. The van der Waals surface area contributed by atoms with Crippen LogP contribution in [0.3, 0.4) is 0 Å². The fraction of sp³-hybridized carbons (Fsp3) is 0.471. The summed E-state index contributed by atoms with van der Waals surface area (Å²) in [5, 5.41) is 12.2. The summed E-state index contributed by atoms with van der Waals surface area (Å²) in [4.78, 5) is 12.0. The quantitative estimate of drug-likeness (QED) is 0.791. The van der Waals surface area contributed by atoms with Crippen molar-refractivity contribution in [2.75, 3.05) is 6.54 Å². The minimum atomic E-state index is -0.194. The molecule has 0 aliphatic heterocycles. The first-order chi connectivity index (χ1) is 11.1. The molecule has 1 N–H and O–H groups in total. The van der Waals surface area contributed by atoms with Crippen molar-refractivity contribution in [3.05, 3.63) is 29.8 Å². The van der Waals surface area contributed by atoms with Gasteiger partial charge in [0.1, 0.15) is 0 Å². The van der Waals surface area contributed by atoms with E-state index in [9.17, 15) is 4.79 Å². The summed E-state index contributed by atoms with van der Waals surface area (Å²) in [5.41, 5.74) is 2.25. The smallest absolute Gasteiger partial charge is 0.233 e. The average Bonchev–Trinajstić information content (AvgIpc) is 2.95. The third-order valence-electron chi connectivity index (χ3n) is 3.62. The SMILES string of the molecule is CCCNC(=O)[C@H](C)Sc1nnc(-c2ccccc2C)n1CC. The highest BCUT2D eigenvalue weighted by atomic mass is 32.2. The lowest BCUT2D eigenvalue weighted by Crippen LogP contribution is -2.31. The Kier molecular flexibility index (Phi) is 6.21. The normalized spacial score (nSPS) is 12.2. The van der Waals surface area contributed by atoms with Gasteiger partial charge in [-0.1, -0.05) is 43.0 Å². The molecule has 23 heavy (non-hydrogen) atoms. The lowest BCUT2D eigenvalue weighted by atomic mass is 10.1. The van der Waals surface area contributed by atoms with Crippen LogP contribution >= 0.6 is 11.8 Å². The van der Waals surface area contributed by atoms with Crippen molar-refractivity contribution in [2.24, 2.45) is 0 Å². The standard InChI is InChI=1S/C17H24N4OS/c1-5-11-18-16(22)13(4)23-17-20-19-15(21(17)6-2)14-10-8-7-9-12(14)3/h7-10,13H,5-6,11H2,1-4H3,(H,18,22)/t13-/m0/s1. The number of nitrogens with one attached hydrogen (secondary N) is 1. The fourth-order valence-corrected chi connectivity index (χ4v) is 3.22. The zero-order valence-electron chi connectivity index (χ0n) is 14.2. The molecule has 0 saturated carbocycles. The summed E-state index contributed by atoms with van der Waals surface area (Å²) in [7, 11) is 0. The molecule has 2 rings (SSSR count). The van der Waals surface area contributed by atoms with Crippen LogP contribution in [0.2, 0.25) is 0 Å². The maximum Gasteiger partial charge on any atom is 0.233 e. The summed E-state index contributed by atoms with van der Waals surface area (Å²) in [5.74, 6) is 0.897. The van der Waals surface area contributed by atoms with Gasteiger partial charge < -0.3 is 9.88 Å². The lowest BCUT2D eigenvalue weighted by molar-refractivity contribution is -0.120. The third kappa shape index (κ3) is 4.13. The van der Waals surface area contributed by atoms with E-state index in [2.05, 4.69) is 46.1 Å². The molecule has 1 aromatic carbocycles. The molecule has 1 aromatic heterocycles. The van der Waals surface area contributed by atoms with E-state index in [1.54, 1.807) is 0 Å². The van der Waals surface area contributed by atoms with Gasteiger partial charge in [-0.2, -0.15) is 0 Å². The van der Waals surface area contributed by atoms with Gasteiger partial charge >= 0.3 is 0 Å². The van der Waals surface area contributed by atoms with Crippen LogP contribution in [0.25, 0.3) is 11.4 Å². The Morgan fingerprint density at radius 2 is 2.04 bits per heavy atom. The molecule has 5 nitrogen and oxygen atoms in total. The molecule has 0 saturated heterocycles. The Labute approximate surface area is 141 Å². The van der Waals surface area contributed by atoms with Gasteiger partial charge in [0, 0.05) is 18.7 Å². The molecule has 6 heteroatoms. The van der Waals surface area contributed by atoms with Gasteiger partial charge in [-0.15, -0.1) is 10.2 Å². The molecule has 0 aliphatic rings. The second kappa shape index (κ2) is 8.15. The van der Waals surface area contributed by atoms with Crippen LogP contribution in [0.4, 0.5) is 0 Å². The molecule has 1 amide bonds. The average molecular weight is 332 g/mol. The molecule has 0 unspecified atom stereocenters. The van der Waals surface area contributed by atoms with Crippen molar-refractivity contribution in [3.63, 3.8) is 0 Å². The molecule has 0 radical (unpaired) electrons. The Balaban J connectivity index is 2.22. The molecular formula is C17H24N4OS. The summed E-state index contributed by atoms with van der Waals surface area (Å²) < 4.78 is 2.07. The van der Waals surface area contributed by atoms with Gasteiger partial charge in [0.15, 0.2) is 11.0 Å². The van der Waals surface area contributed by atoms with E-state index in [-0.39, 0.29) is 11.2 Å². The number of thioether (sulfide) groups is 1. The highest BCUT2D eigenvalue weighted by Crippen LogP contribution is 2.28. The number of nitrogens with zero attached hydrogens (tertiary/aromatic N) is 3. The first-order valence-electron chi connectivity index (χ1n) is 8.02. The van der Waals surface area contributed by atoms with Crippen molar-refractivity contribution in [1.82, 2.24) is 20.1 Å². The Morgan fingerprint density at radius 1 is 1.30 bits per heavy atom. The van der Waals surface area contributed by atoms with Crippen LogP contribution in [0.5, 0.6) is 0 Å². The maximum absolute atomic E-state index is 12.0. The van der Waals surface area contributed by atoms with E-state index in [1.807, 2.05) is 26.0 Å². The van der Waals surface area contributed by atoms with E-state index >= 15 is 0 Å². The van der Waals surface area contributed by atoms with E-state index < -0.39 is 0 Å². The number of benzene rings is 1. The summed E-state index contributed by atoms with van der Waals surface area (Å²) >= 11 is 1.45. The number of aryl methyl sites for hydroxylation is 1. The molecule has 0 fully saturated rings. The summed E-state index contributed by atoms with van der Waals surface area (Å²) in [6, 6.07) is 8.14. The number of amides is 1. The first-order valence-corrected chi connectivity index (χ1v) is 8.90. The number of aromatic nitrogens is 3. The van der Waals surface area contributed by atoms with Gasteiger partial charge in [0.05, 0.1) is 5.25 Å². The van der Waals surface area contributed by atoms with Crippen LogP contribution in [0.15, 0.2) is 29.4 Å². The van der Waals surface area contributed by atoms with Gasteiger partial charge in [0.25, 0.3) is 0 Å². The largest absolute Gasteiger partial charge is 0.355 e. The molecule has 1 atom stereocenters. The van der Waals surface area contributed by atoms with Crippen LogP contribution in [-0.4, -0.2) is 32.5 Å². The number of hydrogen-bond donors (Lipinski definition) is 1. The summed E-state index contributed by atoms with van der Waals surface area (Å²) in [6.45, 7) is 9.55. The van der Waals surface area contributed by atoms with E-state index in [0.717, 1.165) is 29.5 Å². The lowest BCUT2D eigenvalue weighted by Gasteiger charge is -2.12. The highest BCUT2D eigenvalue weighted by molar-refractivity contribution is 8.00. The number of carbonyl (C=O) groups excluding carboxylic acids is 1. The maximum atomic E-state index is 12.0. The predicted molar refractivity (Wildman–Crippen MR) is 94.5 cm³/mol. The molecule has 2 aromatic rings. The van der Waals surface area contributed by atoms with Crippen molar-refractivity contribution < 1.29 is 4.79 Å². The molecule has 1 heterocycles. The number of hydrogen-bond acceptors (Lipinski definition) is 4. The molecule has 0 spiro atoms. The van der Waals surface area contributed by atoms with E-state index in [1.165, 1.54) is 17.3 Å². The monoisotopic (exact) mass is 332 g/mol. The number of rotatable bonds is 7. The van der Waals surface area contributed by atoms with Crippen LogP contribution in [-0.2, 0) is 11.3 Å². The van der Waals surface area contributed by atoms with Crippen LogP contribution in [0, 0.1) is 6.92 Å². The second-order valence-corrected chi connectivity index (χ2v) is 6.72. The van der Waals surface area contributed by atoms with Gasteiger partial charge in [-0.05, 0) is 32.8 Å². The third-order valence-corrected chi connectivity index (χ3v) is 4.70. The predicted octanol–water partition coefficient (Wildman–Crippen LogP) is 3.28. The van der Waals surface area contributed by atoms with Crippen LogP contribution in [0.1, 0.15) is 32.8 Å². The zero-order valence-corrected chi connectivity index (χ0v) is 15.0. The minimum absolute atomic E-state index is 0.0416. The molecule has 0 aliphatic carbocycles. The highest BCUT2D eigenvalue weighted by Gasteiger charge is 2.20. The fourth-order valence-electron chi connectivity index (χ4n) is 2.29. The van der Waals surface area contributed by atoms with Crippen molar-refractivity contribution in [3.8, 4) is 11.4 Å². The molecule has 0 bridgehead atoms. The van der Waals surface area contributed by atoms with Crippen molar-refractivity contribution in [2.45, 2.75) is 51.1 Å². The number of carbonyl (C=O) groups is 1. The van der Waals surface area contributed by atoms with Gasteiger partial charge in [0.2, 0.25) is 5.91 Å². The molecular weight excluding hydrogens is 308 g/mol. The van der Waals surface area contributed by atoms with Crippen molar-refractivity contribution >= 4 is 17.7 Å². The Bertz CT molecular complexity index is 668. The summed E-state index contributed by atoms with van der Waals surface area (Å²) in [6.07, 6.45) is 0.936. The van der Waals surface area contributed by atoms with Crippen molar-refractivity contribution in [1.29, 1.82) is 0 Å². The van der Waals surface area contributed by atoms with Crippen LogP contribution < -0.4 is 5.32 Å².